The molecule has 1 atom stereocenters. The Hall–Kier alpha value is -2.91. The zero-order valence-electron chi connectivity index (χ0n) is 18.0. The van der Waals surface area contributed by atoms with E-state index in [1.807, 2.05) is 31.1 Å². The lowest BCUT2D eigenvalue weighted by Gasteiger charge is -2.39. The maximum atomic E-state index is 13.2. The smallest absolute Gasteiger partial charge is 0.309 e. The first-order valence-corrected chi connectivity index (χ1v) is 10.4. The number of benzene rings is 1. The average molecular weight is 432 g/mol. The number of halogens is 1. The van der Waals surface area contributed by atoms with Crippen LogP contribution in [-0.4, -0.2) is 81.5 Å². The van der Waals surface area contributed by atoms with Crippen LogP contribution in [0.4, 0.5) is 10.1 Å². The van der Waals surface area contributed by atoms with Gasteiger partial charge in [0, 0.05) is 51.5 Å². The van der Waals surface area contributed by atoms with E-state index in [9.17, 15) is 14.0 Å². The highest BCUT2D eigenvalue weighted by Crippen LogP contribution is 2.24. The van der Waals surface area contributed by atoms with Crippen molar-refractivity contribution in [1.29, 1.82) is 0 Å². The third-order valence-electron chi connectivity index (χ3n) is 5.33. The van der Waals surface area contributed by atoms with Gasteiger partial charge in [-0.25, -0.2) is 4.39 Å². The minimum atomic E-state index is -0.653. The third-order valence-corrected chi connectivity index (χ3v) is 5.33. The van der Waals surface area contributed by atoms with Crippen LogP contribution < -0.4 is 15.5 Å². The van der Waals surface area contributed by atoms with Crippen molar-refractivity contribution in [3.8, 4) is 0 Å². The van der Waals surface area contributed by atoms with Crippen LogP contribution in [0.25, 0.3) is 0 Å². The van der Waals surface area contributed by atoms with E-state index < -0.39 is 11.8 Å². The number of nitrogens with one attached hydrogen (secondary N) is 2. The van der Waals surface area contributed by atoms with Gasteiger partial charge in [-0.05, 0) is 50.5 Å². The van der Waals surface area contributed by atoms with Crippen molar-refractivity contribution >= 4 is 17.5 Å². The Labute approximate surface area is 182 Å². The third kappa shape index (κ3) is 6.53. The molecule has 1 aliphatic rings. The van der Waals surface area contributed by atoms with Crippen LogP contribution in [0.1, 0.15) is 11.8 Å². The normalized spacial score (nSPS) is 15.7. The summed E-state index contributed by atoms with van der Waals surface area (Å²) in [5.74, 6) is -0.799. The summed E-state index contributed by atoms with van der Waals surface area (Å²) in [5, 5.41) is 5.35. The number of nitrogens with zero attached hydrogens (tertiary/aromatic N) is 3. The van der Waals surface area contributed by atoms with E-state index in [0.717, 1.165) is 37.6 Å². The monoisotopic (exact) mass is 431 g/mol. The molecule has 0 spiro atoms. The predicted molar refractivity (Wildman–Crippen MR) is 116 cm³/mol. The first-order chi connectivity index (χ1) is 14.9. The van der Waals surface area contributed by atoms with Crippen molar-refractivity contribution in [2.75, 3.05) is 64.8 Å². The lowest BCUT2D eigenvalue weighted by atomic mass is 10.1. The Morgan fingerprint density at radius 1 is 1.06 bits per heavy atom. The lowest BCUT2D eigenvalue weighted by molar-refractivity contribution is -0.139. The van der Waals surface area contributed by atoms with Gasteiger partial charge in [-0.1, -0.05) is 0 Å². The number of carbonyl (C=O) groups excluding carboxylic acids is 2. The molecule has 0 unspecified atom stereocenters. The Morgan fingerprint density at radius 3 is 2.35 bits per heavy atom. The van der Waals surface area contributed by atoms with Gasteiger partial charge in [-0.2, -0.15) is 0 Å². The molecule has 0 bridgehead atoms. The summed E-state index contributed by atoms with van der Waals surface area (Å²) in [4.78, 5) is 30.6. The highest BCUT2D eigenvalue weighted by Gasteiger charge is 2.28. The van der Waals surface area contributed by atoms with Crippen LogP contribution in [-0.2, 0) is 9.59 Å². The van der Waals surface area contributed by atoms with E-state index in [2.05, 4.69) is 20.4 Å². The molecule has 1 aromatic carbocycles. The molecule has 2 aromatic rings. The predicted octanol–water partition coefficient (Wildman–Crippen LogP) is 1.08. The quantitative estimate of drug-likeness (QED) is 0.609. The molecule has 0 radical (unpaired) electrons. The van der Waals surface area contributed by atoms with Crippen molar-refractivity contribution in [2.24, 2.45) is 0 Å². The topological polar surface area (TPSA) is 81.1 Å². The van der Waals surface area contributed by atoms with Crippen LogP contribution in [0.5, 0.6) is 0 Å². The van der Waals surface area contributed by atoms with Crippen LogP contribution in [0.3, 0.4) is 0 Å². The van der Waals surface area contributed by atoms with Crippen LogP contribution >= 0.6 is 0 Å². The standard InChI is InChI=1S/C22H30FN5O3/c1-26(2)10-9-24-21(29)22(30)25-16-19(20-4-3-15-31-20)28-13-11-27(12-14-28)18-7-5-17(23)6-8-18/h3-8,15,19H,9-14,16H2,1-2H3,(H,24,29)(H,25,30)/t19-/m1/s1. The molecule has 0 aliphatic carbocycles. The first kappa shape index (κ1) is 22.8. The molecule has 1 fully saturated rings. The van der Waals surface area contributed by atoms with E-state index >= 15 is 0 Å². The van der Waals surface area contributed by atoms with Gasteiger partial charge in [0.05, 0.1) is 12.3 Å². The van der Waals surface area contributed by atoms with Gasteiger partial charge in [-0.3, -0.25) is 14.5 Å². The van der Waals surface area contributed by atoms with Crippen LogP contribution in [0, 0.1) is 5.82 Å². The molecule has 1 saturated heterocycles. The molecule has 1 aromatic heterocycles. The largest absolute Gasteiger partial charge is 0.468 e. The number of hydrogen-bond acceptors (Lipinski definition) is 6. The SMILES string of the molecule is CN(C)CCNC(=O)C(=O)NC[C@H](c1ccco1)N1CCN(c2ccc(F)cc2)CC1. The van der Waals surface area contributed by atoms with Crippen LogP contribution in [0.2, 0.25) is 0 Å². The highest BCUT2D eigenvalue weighted by molar-refractivity contribution is 6.35. The summed E-state index contributed by atoms with van der Waals surface area (Å²) < 4.78 is 18.8. The molecular formula is C22H30FN5O3. The van der Waals surface area contributed by atoms with Crippen molar-refractivity contribution in [3.05, 3.63) is 54.2 Å². The summed E-state index contributed by atoms with van der Waals surface area (Å²) in [5.41, 5.74) is 0.985. The highest BCUT2D eigenvalue weighted by atomic mass is 19.1. The van der Waals surface area contributed by atoms with Crippen LogP contribution in [0.15, 0.2) is 47.1 Å². The first-order valence-electron chi connectivity index (χ1n) is 10.4. The lowest BCUT2D eigenvalue weighted by Crippen LogP contribution is -2.51. The molecular weight excluding hydrogens is 401 g/mol. The summed E-state index contributed by atoms with van der Waals surface area (Å²) in [6.45, 7) is 4.35. The maximum Gasteiger partial charge on any atom is 0.309 e. The second-order valence-electron chi connectivity index (χ2n) is 7.80. The molecule has 31 heavy (non-hydrogen) atoms. The fourth-order valence-corrected chi connectivity index (χ4v) is 3.58. The summed E-state index contributed by atoms with van der Waals surface area (Å²) in [7, 11) is 3.80. The Morgan fingerprint density at radius 2 is 1.74 bits per heavy atom. The molecule has 2 N–H and O–H groups in total. The summed E-state index contributed by atoms with van der Waals surface area (Å²) in [6, 6.07) is 10.0. The van der Waals surface area contributed by atoms with E-state index in [1.54, 1.807) is 18.4 Å². The summed E-state index contributed by atoms with van der Waals surface area (Å²) in [6.07, 6.45) is 1.60. The number of piperazine rings is 1. The zero-order chi connectivity index (χ0) is 22.2. The van der Waals surface area contributed by atoms with E-state index in [-0.39, 0.29) is 18.4 Å². The second kappa shape index (κ2) is 10.9. The molecule has 8 nitrogen and oxygen atoms in total. The van der Waals surface area contributed by atoms with Crippen molar-refractivity contribution in [3.63, 3.8) is 0 Å². The molecule has 2 heterocycles. The van der Waals surface area contributed by atoms with Gasteiger partial charge in [0.15, 0.2) is 0 Å². The molecule has 1 aliphatic heterocycles. The van der Waals surface area contributed by atoms with E-state index in [4.69, 9.17) is 4.42 Å². The Bertz CT molecular complexity index is 833. The van der Waals surface area contributed by atoms with Gasteiger partial charge in [-0.15, -0.1) is 0 Å². The van der Waals surface area contributed by atoms with E-state index in [0.29, 0.717) is 13.1 Å². The number of rotatable bonds is 8. The number of hydrogen-bond donors (Lipinski definition) is 2. The molecule has 9 heteroatoms. The number of carbonyl (C=O) groups is 2. The number of anilines is 1. The Kier molecular flexibility index (Phi) is 8.02. The number of furan rings is 1. The van der Waals surface area contributed by atoms with Crippen molar-refractivity contribution in [2.45, 2.75) is 6.04 Å². The zero-order valence-corrected chi connectivity index (χ0v) is 18.0. The molecule has 0 saturated carbocycles. The Balaban J connectivity index is 1.55. The molecule has 3 rings (SSSR count). The van der Waals surface area contributed by atoms with Gasteiger partial charge in [0.2, 0.25) is 0 Å². The van der Waals surface area contributed by atoms with Gasteiger partial charge < -0.3 is 24.9 Å². The van der Waals surface area contributed by atoms with Gasteiger partial charge in [0.1, 0.15) is 11.6 Å². The second-order valence-corrected chi connectivity index (χ2v) is 7.80. The fraction of sp³-hybridized carbons (Fsp3) is 0.455. The van der Waals surface area contributed by atoms with Gasteiger partial charge >= 0.3 is 11.8 Å². The van der Waals surface area contributed by atoms with E-state index in [1.165, 1.54) is 12.1 Å². The van der Waals surface area contributed by atoms with Gasteiger partial charge in [0.25, 0.3) is 0 Å². The maximum absolute atomic E-state index is 13.2. The number of amides is 2. The fourth-order valence-electron chi connectivity index (χ4n) is 3.58. The minimum Gasteiger partial charge on any atom is -0.468 e. The molecule has 2 amide bonds. The minimum absolute atomic E-state index is 0.177. The number of likely N-dealkylation sites (N-methyl/N-ethyl adjacent to an activating group) is 1. The summed E-state index contributed by atoms with van der Waals surface area (Å²) >= 11 is 0. The van der Waals surface area contributed by atoms with Crippen molar-refractivity contribution in [1.82, 2.24) is 20.4 Å². The average Bonchev–Trinajstić information content (AvgIpc) is 3.29. The van der Waals surface area contributed by atoms with Crippen molar-refractivity contribution < 1.29 is 18.4 Å². The molecule has 168 valence electrons.